The van der Waals surface area contributed by atoms with E-state index in [1.54, 1.807) is 48.5 Å². The molecular weight excluding hydrogens is 342 g/mol. The summed E-state index contributed by atoms with van der Waals surface area (Å²) in [5, 5.41) is 0. The lowest BCUT2D eigenvalue weighted by Crippen LogP contribution is -2.32. The Bertz CT molecular complexity index is 893. The van der Waals surface area contributed by atoms with Gasteiger partial charge >= 0.3 is 5.97 Å². The lowest BCUT2D eigenvalue weighted by Gasteiger charge is -2.19. The van der Waals surface area contributed by atoms with Crippen molar-refractivity contribution in [3.63, 3.8) is 0 Å². The molecule has 27 heavy (non-hydrogen) atoms. The van der Waals surface area contributed by atoms with Crippen molar-refractivity contribution in [3.8, 4) is 5.75 Å². The van der Waals surface area contributed by atoms with E-state index in [2.05, 4.69) is 0 Å². The summed E-state index contributed by atoms with van der Waals surface area (Å²) < 4.78 is 5.32. The molecule has 2 bridgehead atoms. The van der Waals surface area contributed by atoms with E-state index in [4.69, 9.17) is 4.74 Å². The Hall–Kier alpha value is -2.95. The maximum atomic E-state index is 12.9. The maximum absolute atomic E-state index is 12.9. The smallest absolute Gasteiger partial charge is 0.343 e. The van der Waals surface area contributed by atoms with Crippen LogP contribution in [0, 0.1) is 23.7 Å². The largest absolute Gasteiger partial charge is 0.423 e. The van der Waals surface area contributed by atoms with Crippen LogP contribution in [0.25, 0.3) is 0 Å². The molecule has 5 heteroatoms. The predicted octanol–water partition coefficient (Wildman–Crippen LogP) is 3.44. The Kier molecular flexibility index (Phi) is 3.64. The third-order valence-electron chi connectivity index (χ3n) is 6.24. The second kappa shape index (κ2) is 6.05. The Balaban J connectivity index is 1.36. The number of carbonyl (C=O) groups is 3. The molecule has 5 nitrogen and oxygen atoms in total. The quantitative estimate of drug-likeness (QED) is 0.477. The first-order chi connectivity index (χ1) is 13.1. The molecule has 5 rings (SSSR count). The number of amides is 2. The molecule has 3 aliphatic rings. The van der Waals surface area contributed by atoms with Crippen molar-refractivity contribution in [1.82, 2.24) is 0 Å². The highest BCUT2D eigenvalue weighted by Crippen LogP contribution is 2.56. The summed E-state index contributed by atoms with van der Waals surface area (Å²) in [6.07, 6.45) is 3.14. The summed E-state index contributed by atoms with van der Waals surface area (Å²) >= 11 is 0. The molecule has 2 aliphatic carbocycles. The van der Waals surface area contributed by atoms with Gasteiger partial charge in [0.05, 0.1) is 23.1 Å². The molecular formula is C22H19NO4. The minimum Gasteiger partial charge on any atom is -0.423 e. The van der Waals surface area contributed by atoms with Gasteiger partial charge in [0.1, 0.15) is 5.75 Å². The first kappa shape index (κ1) is 16.2. The predicted molar refractivity (Wildman–Crippen MR) is 98.1 cm³/mol. The van der Waals surface area contributed by atoms with Crippen LogP contribution < -0.4 is 9.64 Å². The standard InChI is InChI=1S/C22H19NO4/c24-20-18-14-6-7-15(12-14)19(18)21(25)23(20)16-10-8-13(9-11-16)22(26)27-17-4-2-1-3-5-17/h1-5,8-11,14-15,18-19H,6-7,12H2/t14-,15-,18-,19-/m0/s1. The highest BCUT2D eigenvalue weighted by molar-refractivity contribution is 6.22. The molecule has 136 valence electrons. The van der Waals surface area contributed by atoms with Gasteiger partial charge < -0.3 is 4.74 Å². The second-order valence-corrected chi connectivity index (χ2v) is 7.65. The summed E-state index contributed by atoms with van der Waals surface area (Å²) in [4.78, 5) is 39.3. The van der Waals surface area contributed by atoms with Crippen LogP contribution in [0.15, 0.2) is 54.6 Å². The van der Waals surface area contributed by atoms with Crippen LogP contribution in [0.1, 0.15) is 29.6 Å². The van der Waals surface area contributed by atoms with E-state index < -0.39 is 5.97 Å². The molecule has 2 aromatic carbocycles. The summed E-state index contributed by atoms with van der Waals surface area (Å²) in [6, 6.07) is 15.4. The lowest BCUT2D eigenvalue weighted by atomic mass is 9.81. The normalized spacial score (nSPS) is 28.5. The van der Waals surface area contributed by atoms with Crippen LogP contribution >= 0.6 is 0 Å². The zero-order valence-electron chi connectivity index (χ0n) is 14.7. The average molecular weight is 361 g/mol. The number of para-hydroxylation sites is 1. The average Bonchev–Trinajstić information content (AvgIpc) is 3.37. The number of carbonyl (C=O) groups excluding carboxylic acids is 3. The molecule has 0 spiro atoms. The number of anilines is 1. The Morgan fingerprint density at radius 2 is 1.44 bits per heavy atom. The van der Waals surface area contributed by atoms with Crippen molar-refractivity contribution >= 4 is 23.5 Å². The van der Waals surface area contributed by atoms with Gasteiger partial charge in [-0.05, 0) is 67.5 Å². The van der Waals surface area contributed by atoms with Crippen LogP contribution in [0.3, 0.4) is 0 Å². The number of fused-ring (bicyclic) bond motifs is 5. The van der Waals surface area contributed by atoms with Gasteiger partial charge in [0, 0.05) is 0 Å². The number of esters is 1. The monoisotopic (exact) mass is 361 g/mol. The van der Waals surface area contributed by atoms with E-state index in [1.807, 2.05) is 6.07 Å². The SMILES string of the molecule is O=C(Oc1ccccc1)c1ccc(N2C(=O)[C@H]3[C@H]4CC[C@@H](C4)[C@@H]3C2=O)cc1. The van der Waals surface area contributed by atoms with Crippen molar-refractivity contribution in [2.24, 2.45) is 23.7 Å². The molecule has 2 saturated carbocycles. The van der Waals surface area contributed by atoms with Crippen molar-refractivity contribution in [2.75, 3.05) is 4.90 Å². The topological polar surface area (TPSA) is 63.7 Å². The highest BCUT2D eigenvalue weighted by Gasteiger charge is 2.61. The number of rotatable bonds is 3. The summed E-state index contributed by atoms with van der Waals surface area (Å²) in [5.41, 5.74) is 0.914. The molecule has 0 N–H and O–H groups in total. The number of ether oxygens (including phenoxy) is 1. The highest BCUT2D eigenvalue weighted by atomic mass is 16.5. The zero-order chi connectivity index (χ0) is 18.5. The number of nitrogens with zero attached hydrogens (tertiary/aromatic N) is 1. The number of imide groups is 1. The summed E-state index contributed by atoms with van der Waals surface area (Å²) in [5.74, 6) is 0.302. The molecule has 1 aliphatic heterocycles. The van der Waals surface area contributed by atoms with Gasteiger partial charge in [-0.2, -0.15) is 0 Å². The Morgan fingerprint density at radius 3 is 2.04 bits per heavy atom. The zero-order valence-corrected chi connectivity index (χ0v) is 14.7. The second-order valence-electron chi connectivity index (χ2n) is 7.65. The molecule has 4 atom stereocenters. The van der Waals surface area contributed by atoms with E-state index >= 15 is 0 Å². The van der Waals surface area contributed by atoms with Crippen molar-refractivity contribution in [1.29, 1.82) is 0 Å². The fourth-order valence-corrected chi connectivity index (χ4v) is 5.06. The first-order valence-corrected chi connectivity index (χ1v) is 9.38. The van der Waals surface area contributed by atoms with E-state index in [9.17, 15) is 14.4 Å². The molecule has 2 amide bonds. The molecule has 0 unspecified atom stereocenters. The van der Waals surface area contributed by atoms with E-state index in [0.717, 1.165) is 19.3 Å². The number of benzene rings is 2. The van der Waals surface area contributed by atoms with Gasteiger partial charge in [0.15, 0.2) is 0 Å². The molecule has 3 fully saturated rings. The molecule has 0 aromatic heterocycles. The van der Waals surface area contributed by atoms with Crippen LogP contribution in [0.4, 0.5) is 5.69 Å². The summed E-state index contributed by atoms with van der Waals surface area (Å²) in [6.45, 7) is 0. The van der Waals surface area contributed by atoms with Gasteiger partial charge in [-0.1, -0.05) is 18.2 Å². The maximum Gasteiger partial charge on any atom is 0.343 e. The van der Waals surface area contributed by atoms with Crippen LogP contribution in [-0.2, 0) is 9.59 Å². The fourth-order valence-electron chi connectivity index (χ4n) is 5.06. The minimum atomic E-state index is -0.471. The van der Waals surface area contributed by atoms with Gasteiger partial charge in [0.25, 0.3) is 0 Å². The van der Waals surface area contributed by atoms with Gasteiger partial charge in [-0.25, -0.2) is 4.79 Å². The van der Waals surface area contributed by atoms with Crippen molar-refractivity contribution in [3.05, 3.63) is 60.2 Å². The van der Waals surface area contributed by atoms with Gasteiger partial charge in [-0.15, -0.1) is 0 Å². The van der Waals surface area contributed by atoms with Crippen LogP contribution in [0.2, 0.25) is 0 Å². The summed E-state index contributed by atoms with van der Waals surface area (Å²) in [7, 11) is 0. The van der Waals surface area contributed by atoms with Crippen LogP contribution in [0.5, 0.6) is 5.75 Å². The van der Waals surface area contributed by atoms with E-state index in [1.165, 1.54) is 4.90 Å². The molecule has 2 aromatic rings. The third-order valence-corrected chi connectivity index (χ3v) is 6.24. The lowest BCUT2D eigenvalue weighted by molar-refractivity contribution is -0.123. The number of hydrogen-bond donors (Lipinski definition) is 0. The molecule has 1 saturated heterocycles. The van der Waals surface area contributed by atoms with Crippen molar-refractivity contribution in [2.45, 2.75) is 19.3 Å². The van der Waals surface area contributed by atoms with Gasteiger partial charge in [0.2, 0.25) is 11.8 Å². The fraction of sp³-hybridized carbons (Fsp3) is 0.318. The van der Waals surface area contributed by atoms with Gasteiger partial charge in [-0.3, -0.25) is 14.5 Å². The third kappa shape index (κ3) is 2.49. The van der Waals surface area contributed by atoms with E-state index in [0.29, 0.717) is 28.8 Å². The van der Waals surface area contributed by atoms with Crippen molar-refractivity contribution < 1.29 is 19.1 Å². The minimum absolute atomic E-state index is 0.0724. The van der Waals surface area contributed by atoms with Crippen LogP contribution in [-0.4, -0.2) is 17.8 Å². The molecule has 1 heterocycles. The first-order valence-electron chi connectivity index (χ1n) is 9.38. The molecule has 0 radical (unpaired) electrons. The Morgan fingerprint density at radius 1 is 0.852 bits per heavy atom. The Labute approximate surface area is 156 Å². The number of hydrogen-bond acceptors (Lipinski definition) is 4. The van der Waals surface area contributed by atoms with E-state index in [-0.39, 0.29) is 23.7 Å².